The van der Waals surface area contributed by atoms with Gasteiger partial charge < -0.3 is 4.74 Å². The summed E-state index contributed by atoms with van der Waals surface area (Å²) < 4.78 is 47.7. The zero-order valence-corrected chi connectivity index (χ0v) is 12.3. The van der Waals surface area contributed by atoms with E-state index in [1.165, 1.54) is 22.5 Å². The third kappa shape index (κ3) is 1.97. The molecule has 9 heteroatoms. The SMILES string of the molecule is O=S(=O)(c1ccccc1F)N1C[C@@H]2OCc3cnnn3[C@H]2C1. The summed E-state index contributed by atoms with van der Waals surface area (Å²) in [7, 11) is -3.90. The Morgan fingerprint density at radius 2 is 2.09 bits per heavy atom. The molecule has 0 unspecified atom stereocenters. The number of hydrogen-bond donors (Lipinski definition) is 0. The number of nitrogens with zero attached hydrogens (tertiary/aromatic N) is 4. The monoisotopic (exact) mass is 324 g/mol. The summed E-state index contributed by atoms with van der Waals surface area (Å²) >= 11 is 0. The average Bonchev–Trinajstić information content (AvgIpc) is 3.13. The predicted molar refractivity (Wildman–Crippen MR) is 72.8 cm³/mol. The Balaban J connectivity index is 1.68. The van der Waals surface area contributed by atoms with Crippen LogP contribution >= 0.6 is 0 Å². The molecule has 4 rings (SSSR count). The van der Waals surface area contributed by atoms with E-state index >= 15 is 0 Å². The number of ether oxygens (including phenoxy) is 1. The van der Waals surface area contributed by atoms with Gasteiger partial charge in [0.25, 0.3) is 0 Å². The van der Waals surface area contributed by atoms with Crippen LogP contribution in [-0.2, 0) is 21.4 Å². The van der Waals surface area contributed by atoms with Crippen molar-refractivity contribution in [3.63, 3.8) is 0 Å². The molecule has 1 fully saturated rings. The Morgan fingerprint density at radius 1 is 1.27 bits per heavy atom. The molecule has 0 amide bonds. The van der Waals surface area contributed by atoms with Crippen LogP contribution in [0.25, 0.3) is 0 Å². The van der Waals surface area contributed by atoms with E-state index < -0.39 is 15.8 Å². The molecule has 1 saturated heterocycles. The average molecular weight is 324 g/mol. The molecule has 3 heterocycles. The number of sulfonamides is 1. The Kier molecular flexibility index (Phi) is 3.03. The van der Waals surface area contributed by atoms with Gasteiger partial charge in [-0.25, -0.2) is 17.5 Å². The lowest BCUT2D eigenvalue weighted by Crippen LogP contribution is -2.32. The lowest BCUT2D eigenvalue weighted by atomic mass is 10.2. The minimum atomic E-state index is -3.90. The van der Waals surface area contributed by atoms with Crippen LogP contribution in [0.15, 0.2) is 35.4 Å². The molecule has 0 saturated carbocycles. The van der Waals surface area contributed by atoms with Gasteiger partial charge in [0.15, 0.2) is 0 Å². The molecule has 2 aromatic rings. The van der Waals surface area contributed by atoms with Gasteiger partial charge in [-0.3, -0.25) is 0 Å². The molecular formula is C13H13FN4O3S. The number of aromatic nitrogens is 3. The molecule has 116 valence electrons. The second-order valence-electron chi connectivity index (χ2n) is 5.34. The lowest BCUT2D eigenvalue weighted by Gasteiger charge is -2.25. The van der Waals surface area contributed by atoms with Crippen LogP contribution in [0.4, 0.5) is 4.39 Å². The normalized spacial score (nSPS) is 25.0. The molecular weight excluding hydrogens is 311 g/mol. The second-order valence-corrected chi connectivity index (χ2v) is 7.25. The molecule has 1 aromatic heterocycles. The first-order chi connectivity index (χ1) is 10.6. The van der Waals surface area contributed by atoms with E-state index in [4.69, 9.17) is 4.74 Å². The molecule has 0 N–H and O–H groups in total. The van der Waals surface area contributed by atoms with Crippen molar-refractivity contribution in [2.24, 2.45) is 0 Å². The van der Waals surface area contributed by atoms with Gasteiger partial charge in [0.05, 0.1) is 30.6 Å². The third-order valence-corrected chi connectivity index (χ3v) is 5.93. The topological polar surface area (TPSA) is 77.3 Å². The largest absolute Gasteiger partial charge is 0.368 e. The fourth-order valence-corrected chi connectivity index (χ4v) is 4.49. The molecule has 0 radical (unpaired) electrons. The fourth-order valence-electron chi connectivity index (χ4n) is 2.95. The second kappa shape index (κ2) is 4.83. The van der Waals surface area contributed by atoms with Gasteiger partial charge in [-0.2, -0.15) is 4.31 Å². The van der Waals surface area contributed by atoms with Crippen molar-refractivity contribution in [2.45, 2.75) is 23.6 Å². The smallest absolute Gasteiger partial charge is 0.246 e. The van der Waals surface area contributed by atoms with Gasteiger partial charge in [0.1, 0.15) is 10.7 Å². The highest BCUT2D eigenvalue weighted by atomic mass is 32.2. The van der Waals surface area contributed by atoms with Crippen LogP contribution in [0.5, 0.6) is 0 Å². The summed E-state index contributed by atoms with van der Waals surface area (Å²) in [6.45, 7) is 0.722. The minimum Gasteiger partial charge on any atom is -0.368 e. The van der Waals surface area contributed by atoms with Gasteiger partial charge in [0.2, 0.25) is 10.0 Å². The third-order valence-electron chi connectivity index (χ3n) is 4.07. The van der Waals surface area contributed by atoms with E-state index in [9.17, 15) is 12.8 Å². The van der Waals surface area contributed by atoms with Crippen molar-refractivity contribution in [1.82, 2.24) is 19.3 Å². The van der Waals surface area contributed by atoms with E-state index in [-0.39, 0.29) is 30.1 Å². The summed E-state index contributed by atoms with van der Waals surface area (Å²) in [5.41, 5.74) is 0.811. The standard InChI is InChI=1S/C13H13FN4O3S/c14-10-3-1-2-4-13(10)22(19,20)17-6-11-12(7-17)21-8-9-5-15-16-18(9)11/h1-5,11-12H,6-8H2/t11-,12-/m0/s1. The minimum absolute atomic E-state index is 0.181. The first kappa shape index (κ1) is 13.8. The molecule has 2 aliphatic heterocycles. The summed E-state index contributed by atoms with van der Waals surface area (Å²) in [5.74, 6) is -0.750. The highest BCUT2D eigenvalue weighted by molar-refractivity contribution is 7.89. The van der Waals surface area contributed by atoms with Gasteiger partial charge in [-0.1, -0.05) is 17.3 Å². The fraction of sp³-hybridized carbons (Fsp3) is 0.385. The van der Waals surface area contributed by atoms with Crippen LogP contribution in [0.1, 0.15) is 11.7 Å². The number of hydrogen-bond acceptors (Lipinski definition) is 5. The van der Waals surface area contributed by atoms with Crippen molar-refractivity contribution in [1.29, 1.82) is 0 Å². The van der Waals surface area contributed by atoms with E-state index in [1.807, 2.05) is 0 Å². The summed E-state index contributed by atoms with van der Waals surface area (Å²) in [6.07, 6.45) is 1.31. The van der Waals surface area contributed by atoms with Gasteiger partial charge in [-0.15, -0.1) is 5.10 Å². The Morgan fingerprint density at radius 3 is 2.91 bits per heavy atom. The van der Waals surface area contributed by atoms with Crippen LogP contribution in [0.3, 0.4) is 0 Å². The summed E-state index contributed by atoms with van der Waals surface area (Å²) in [4.78, 5) is -0.313. The van der Waals surface area contributed by atoms with Crippen molar-refractivity contribution >= 4 is 10.0 Å². The molecule has 0 spiro atoms. The molecule has 2 aliphatic rings. The van der Waals surface area contributed by atoms with Gasteiger partial charge in [0, 0.05) is 13.1 Å². The van der Waals surface area contributed by atoms with Gasteiger partial charge in [-0.05, 0) is 12.1 Å². The van der Waals surface area contributed by atoms with E-state index in [0.717, 1.165) is 11.8 Å². The van der Waals surface area contributed by atoms with Crippen molar-refractivity contribution in [3.8, 4) is 0 Å². The number of benzene rings is 1. The maximum atomic E-state index is 13.8. The molecule has 22 heavy (non-hydrogen) atoms. The quantitative estimate of drug-likeness (QED) is 0.807. The number of fused-ring (bicyclic) bond motifs is 3. The van der Waals surface area contributed by atoms with E-state index in [2.05, 4.69) is 10.3 Å². The first-order valence-corrected chi connectivity index (χ1v) is 8.27. The summed E-state index contributed by atoms with van der Waals surface area (Å²) in [5, 5.41) is 7.83. The lowest BCUT2D eigenvalue weighted by molar-refractivity contribution is -0.00390. The highest BCUT2D eigenvalue weighted by Gasteiger charge is 2.44. The summed E-state index contributed by atoms with van der Waals surface area (Å²) in [6, 6.07) is 5.15. The zero-order valence-electron chi connectivity index (χ0n) is 11.5. The van der Waals surface area contributed by atoms with Gasteiger partial charge >= 0.3 is 0 Å². The van der Waals surface area contributed by atoms with Crippen molar-refractivity contribution < 1.29 is 17.5 Å². The van der Waals surface area contributed by atoms with Crippen molar-refractivity contribution in [3.05, 3.63) is 42.0 Å². The number of rotatable bonds is 2. The van der Waals surface area contributed by atoms with Crippen LogP contribution < -0.4 is 0 Å². The zero-order chi connectivity index (χ0) is 15.3. The molecule has 1 aromatic carbocycles. The highest BCUT2D eigenvalue weighted by Crippen LogP contribution is 2.33. The Hall–Kier alpha value is -1.84. The van der Waals surface area contributed by atoms with Crippen molar-refractivity contribution in [2.75, 3.05) is 13.1 Å². The molecule has 0 bridgehead atoms. The number of halogens is 1. The predicted octanol–water partition coefficient (Wildman–Crippen LogP) is 0.562. The Labute approximate surface area is 126 Å². The molecule has 7 nitrogen and oxygen atoms in total. The molecule has 2 atom stereocenters. The first-order valence-electron chi connectivity index (χ1n) is 6.83. The maximum absolute atomic E-state index is 13.8. The Bertz CT molecular complexity index is 822. The van der Waals surface area contributed by atoms with E-state index in [1.54, 1.807) is 10.9 Å². The van der Waals surface area contributed by atoms with Crippen LogP contribution in [0.2, 0.25) is 0 Å². The van der Waals surface area contributed by atoms with Crippen LogP contribution in [-0.4, -0.2) is 46.9 Å². The molecule has 0 aliphatic carbocycles. The van der Waals surface area contributed by atoms with E-state index in [0.29, 0.717) is 6.61 Å². The van der Waals surface area contributed by atoms with Crippen LogP contribution in [0, 0.1) is 5.82 Å². The maximum Gasteiger partial charge on any atom is 0.246 e.